The SMILES string of the molecule is CCc1ccc(Oc2cc(F)cc(CCl)c2)c([N+](=O)[O-])c1. The summed E-state index contributed by atoms with van der Waals surface area (Å²) in [5.41, 5.74) is 1.22. The zero-order chi connectivity index (χ0) is 15.4. The number of benzene rings is 2. The van der Waals surface area contributed by atoms with Crippen LogP contribution in [0.25, 0.3) is 0 Å². The van der Waals surface area contributed by atoms with E-state index in [0.29, 0.717) is 12.0 Å². The summed E-state index contributed by atoms with van der Waals surface area (Å²) in [7, 11) is 0. The van der Waals surface area contributed by atoms with Gasteiger partial charge in [0.2, 0.25) is 5.75 Å². The molecule has 0 spiro atoms. The van der Waals surface area contributed by atoms with Gasteiger partial charge in [-0.05, 0) is 35.7 Å². The molecular weight excluding hydrogens is 297 g/mol. The first-order valence-electron chi connectivity index (χ1n) is 6.34. The standard InChI is InChI=1S/C15H13ClFNO3/c1-2-10-3-4-15(14(7-10)18(19)20)21-13-6-11(9-16)5-12(17)8-13/h3-8H,2,9H2,1H3. The van der Waals surface area contributed by atoms with E-state index in [0.717, 1.165) is 11.6 Å². The number of nitro groups is 1. The summed E-state index contributed by atoms with van der Waals surface area (Å²) in [6.07, 6.45) is 0.678. The van der Waals surface area contributed by atoms with E-state index in [1.165, 1.54) is 18.2 Å². The van der Waals surface area contributed by atoms with E-state index in [9.17, 15) is 14.5 Å². The van der Waals surface area contributed by atoms with E-state index < -0.39 is 10.7 Å². The first-order chi connectivity index (χ1) is 10.0. The maximum Gasteiger partial charge on any atom is 0.311 e. The van der Waals surface area contributed by atoms with Gasteiger partial charge in [0, 0.05) is 18.0 Å². The van der Waals surface area contributed by atoms with Crippen LogP contribution in [-0.2, 0) is 12.3 Å². The molecule has 0 unspecified atom stereocenters. The zero-order valence-electron chi connectivity index (χ0n) is 11.3. The number of hydrogen-bond acceptors (Lipinski definition) is 3. The summed E-state index contributed by atoms with van der Waals surface area (Å²) in [5.74, 6) is -0.123. The van der Waals surface area contributed by atoms with Crippen LogP contribution in [0.15, 0.2) is 36.4 Å². The maximum atomic E-state index is 13.4. The Hall–Kier alpha value is -2.14. The molecule has 0 radical (unpaired) electrons. The van der Waals surface area contributed by atoms with E-state index in [2.05, 4.69) is 0 Å². The molecule has 0 fully saturated rings. The van der Waals surface area contributed by atoms with Crippen LogP contribution in [0.1, 0.15) is 18.1 Å². The number of nitrogens with zero attached hydrogens (tertiary/aromatic N) is 1. The molecule has 0 amide bonds. The minimum atomic E-state index is -0.518. The van der Waals surface area contributed by atoms with Crippen molar-refractivity contribution in [2.24, 2.45) is 0 Å². The third-order valence-electron chi connectivity index (χ3n) is 2.94. The molecule has 0 saturated heterocycles. The molecule has 0 aliphatic rings. The van der Waals surface area contributed by atoms with E-state index >= 15 is 0 Å². The lowest BCUT2D eigenvalue weighted by Gasteiger charge is -2.09. The Morgan fingerprint density at radius 2 is 2.00 bits per heavy atom. The van der Waals surface area contributed by atoms with Crippen molar-refractivity contribution in [3.63, 3.8) is 0 Å². The number of rotatable bonds is 5. The molecule has 4 nitrogen and oxygen atoms in total. The lowest BCUT2D eigenvalue weighted by Crippen LogP contribution is -1.96. The highest BCUT2D eigenvalue weighted by Gasteiger charge is 2.17. The van der Waals surface area contributed by atoms with Gasteiger partial charge < -0.3 is 4.74 Å². The largest absolute Gasteiger partial charge is 0.450 e. The molecule has 0 bridgehead atoms. The van der Waals surface area contributed by atoms with Crippen LogP contribution in [0.3, 0.4) is 0 Å². The van der Waals surface area contributed by atoms with E-state index in [-0.39, 0.29) is 23.1 Å². The van der Waals surface area contributed by atoms with E-state index in [1.807, 2.05) is 6.92 Å². The molecule has 0 atom stereocenters. The predicted molar refractivity (Wildman–Crippen MR) is 78.5 cm³/mol. The Kier molecular flexibility index (Phi) is 4.75. The third-order valence-corrected chi connectivity index (χ3v) is 3.25. The van der Waals surface area contributed by atoms with Gasteiger partial charge in [0.1, 0.15) is 11.6 Å². The molecule has 2 aromatic rings. The quantitative estimate of drug-likeness (QED) is 0.451. The van der Waals surface area contributed by atoms with Crippen molar-refractivity contribution in [1.82, 2.24) is 0 Å². The molecule has 6 heteroatoms. The number of alkyl halides is 1. The highest BCUT2D eigenvalue weighted by atomic mass is 35.5. The van der Waals surface area contributed by atoms with Gasteiger partial charge in [0.05, 0.1) is 4.92 Å². The summed E-state index contributed by atoms with van der Waals surface area (Å²) in [5, 5.41) is 11.1. The summed E-state index contributed by atoms with van der Waals surface area (Å²) < 4.78 is 18.9. The smallest absolute Gasteiger partial charge is 0.311 e. The fraction of sp³-hybridized carbons (Fsp3) is 0.200. The zero-order valence-corrected chi connectivity index (χ0v) is 12.1. The van der Waals surface area contributed by atoms with Gasteiger partial charge in [-0.3, -0.25) is 10.1 Å². The molecule has 0 aliphatic carbocycles. The van der Waals surface area contributed by atoms with Gasteiger partial charge in [0.15, 0.2) is 0 Å². The molecule has 0 aliphatic heterocycles. The minimum absolute atomic E-state index is 0.0725. The van der Waals surface area contributed by atoms with Gasteiger partial charge in [0.25, 0.3) is 0 Å². The topological polar surface area (TPSA) is 52.4 Å². The Balaban J connectivity index is 2.39. The van der Waals surface area contributed by atoms with Crippen LogP contribution in [0.4, 0.5) is 10.1 Å². The Labute approximate surface area is 126 Å². The number of hydrogen-bond donors (Lipinski definition) is 0. The first-order valence-corrected chi connectivity index (χ1v) is 6.87. The molecule has 110 valence electrons. The highest BCUT2D eigenvalue weighted by Crippen LogP contribution is 2.33. The molecule has 21 heavy (non-hydrogen) atoms. The fourth-order valence-electron chi connectivity index (χ4n) is 1.90. The summed E-state index contributed by atoms with van der Waals surface area (Å²) in [4.78, 5) is 10.6. The Bertz CT molecular complexity index is 676. The molecule has 2 aromatic carbocycles. The van der Waals surface area contributed by atoms with E-state index in [1.54, 1.807) is 12.1 Å². The van der Waals surface area contributed by atoms with Crippen molar-refractivity contribution in [1.29, 1.82) is 0 Å². The van der Waals surface area contributed by atoms with Crippen LogP contribution < -0.4 is 4.74 Å². The van der Waals surface area contributed by atoms with Crippen LogP contribution >= 0.6 is 11.6 Å². The molecular formula is C15H13ClFNO3. The summed E-state index contributed by atoms with van der Waals surface area (Å²) in [6.45, 7) is 1.90. The highest BCUT2D eigenvalue weighted by molar-refractivity contribution is 6.17. The second-order valence-corrected chi connectivity index (χ2v) is 4.71. The first kappa shape index (κ1) is 15.3. The lowest BCUT2D eigenvalue weighted by atomic mass is 10.1. The fourth-order valence-corrected chi connectivity index (χ4v) is 2.05. The Morgan fingerprint density at radius 3 is 2.62 bits per heavy atom. The molecule has 0 saturated carbocycles. The van der Waals surface area contributed by atoms with Crippen molar-refractivity contribution >= 4 is 17.3 Å². The van der Waals surface area contributed by atoms with Crippen LogP contribution in [-0.4, -0.2) is 4.92 Å². The molecule has 0 N–H and O–H groups in total. The average molecular weight is 310 g/mol. The van der Waals surface area contributed by atoms with Gasteiger partial charge in [-0.2, -0.15) is 0 Å². The molecule has 0 aromatic heterocycles. The monoisotopic (exact) mass is 309 g/mol. The predicted octanol–water partition coefficient (Wildman–Crippen LogP) is 4.83. The van der Waals surface area contributed by atoms with Gasteiger partial charge in [-0.1, -0.05) is 13.0 Å². The average Bonchev–Trinajstić information content (AvgIpc) is 2.46. The second kappa shape index (κ2) is 6.54. The summed E-state index contributed by atoms with van der Waals surface area (Å²) >= 11 is 5.66. The van der Waals surface area contributed by atoms with Crippen molar-refractivity contribution < 1.29 is 14.1 Å². The number of aryl methyl sites for hydroxylation is 1. The normalized spacial score (nSPS) is 10.4. The van der Waals surface area contributed by atoms with Crippen molar-refractivity contribution in [3.8, 4) is 11.5 Å². The van der Waals surface area contributed by atoms with Gasteiger partial charge >= 0.3 is 5.69 Å². The maximum absolute atomic E-state index is 13.4. The van der Waals surface area contributed by atoms with Crippen LogP contribution in [0, 0.1) is 15.9 Å². The summed E-state index contributed by atoms with van der Waals surface area (Å²) in [6, 6.07) is 8.71. The van der Waals surface area contributed by atoms with Crippen molar-refractivity contribution in [2.75, 3.05) is 0 Å². The van der Waals surface area contributed by atoms with Crippen LogP contribution in [0.2, 0.25) is 0 Å². The Morgan fingerprint density at radius 1 is 1.24 bits per heavy atom. The second-order valence-electron chi connectivity index (χ2n) is 4.44. The van der Waals surface area contributed by atoms with Crippen molar-refractivity contribution in [2.45, 2.75) is 19.2 Å². The number of ether oxygens (including phenoxy) is 1. The van der Waals surface area contributed by atoms with E-state index in [4.69, 9.17) is 16.3 Å². The number of halogens is 2. The lowest BCUT2D eigenvalue weighted by molar-refractivity contribution is -0.385. The van der Waals surface area contributed by atoms with Gasteiger partial charge in [-0.15, -0.1) is 11.6 Å². The molecule has 0 heterocycles. The third kappa shape index (κ3) is 3.70. The number of nitro benzene ring substituents is 1. The van der Waals surface area contributed by atoms with Crippen molar-refractivity contribution in [3.05, 3.63) is 63.5 Å². The molecule has 2 rings (SSSR count). The van der Waals surface area contributed by atoms with Gasteiger partial charge in [-0.25, -0.2) is 4.39 Å². The minimum Gasteiger partial charge on any atom is -0.450 e. The van der Waals surface area contributed by atoms with Crippen LogP contribution in [0.5, 0.6) is 11.5 Å².